The van der Waals surface area contributed by atoms with E-state index in [0.717, 1.165) is 5.56 Å². The van der Waals surface area contributed by atoms with Crippen molar-refractivity contribution < 1.29 is 14.0 Å². The average molecular weight is 294 g/mol. The predicted octanol–water partition coefficient (Wildman–Crippen LogP) is 3.09. The van der Waals surface area contributed by atoms with E-state index < -0.39 is 5.91 Å². The first kappa shape index (κ1) is 13.9. The van der Waals surface area contributed by atoms with Gasteiger partial charge in [-0.1, -0.05) is 30.3 Å². The van der Waals surface area contributed by atoms with E-state index in [1.165, 1.54) is 0 Å². The normalized spacial score (nSPS) is 10.6. The molecule has 0 saturated heterocycles. The standard InChI is InChI=1S/C17H14N2O3/c1-10-6-2-3-7-11(10)17(21)19-14-12-8-4-5-9-13(12)22-15(14)16(18)20/h2-9H,1H3,(H2,18,20)(H,19,21). The van der Waals surface area contributed by atoms with Crippen molar-refractivity contribution in [2.24, 2.45) is 5.73 Å². The molecule has 3 aromatic rings. The molecule has 22 heavy (non-hydrogen) atoms. The number of amides is 2. The second-order valence-electron chi connectivity index (χ2n) is 4.94. The average Bonchev–Trinajstić information content (AvgIpc) is 2.87. The second kappa shape index (κ2) is 5.37. The third kappa shape index (κ3) is 2.33. The lowest BCUT2D eigenvalue weighted by Gasteiger charge is -2.07. The fraction of sp³-hybridized carbons (Fsp3) is 0.0588. The van der Waals surface area contributed by atoms with Crippen molar-refractivity contribution in [2.75, 3.05) is 5.32 Å². The second-order valence-corrected chi connectivity index (χ2v) is 4.94. The number of furan rings is 1. The molecule has 0 aliphatic heterocycles. The van der Waals surface area contributed by atoms with Crippen LogP contribution in [0.2, 0.25) is 0 Å². The SMILES string of the molecule is Cc1ccccc1C(=O)Nc1c(C(N)=O)oc2ccccc12. The van der Waals surface area contributed by atoms with Gasteiger partial charge in [0, 0.05) is 10.9 Å². The van der Waals surface area contributed by atoms with Gasteiger partial charge in [0.2, 0.25) is 5.76 Å². The lowest BCUT2D eigenvalue weighted by molar-refractivity contribution is 0.0977. The van der Waals surface area contributed by atoms with Crippen LogP contribution >= 0.6 is 0 Å². The summed E-state index contributed by atoms with van der Waals surface area (Å²) in [6, 6.07) is 14.3. The number of fused-ring (bicyclic) bond motifs is 1. The number of hydrogen-bond donors (Lipinski definition) is 2. The van der Waals surface area contributed by atoms with Crippen LogP contribution in [0.15, 0.2) is 52.9 Å². The van der Waals surface area contributed by atoms with E-state index in [1.807, 2.05) is 19.1 Å². The van der Waals surface area contributed by atoms with E-state index >= 15 is 0 Å². The van der Waals surface area contributed by atoms with Crippen LogP contribution in [-0.2, 0) is 0 Å². The summed E-state index contributed by atoms with van der Waals surface area (Å²) in [7, 11) is 0. The smallest absolute Gasteiger partial charge is 0.286 e. The van der Waals surface area contributed by atoms with Gasteiger partial charge in [0.05, 0.1) is 0 Å². The van der Waals surface area contributed by atoms with Crippen molar-refractivity contribution in [1.29, 1.82) is 0 Å². The maximum absolute atomic E-state index is 12.4. The van der Waals surface area contributed by atoms with Gasteiger partial charge in [-0.25, -0.2) is 0 Å². The Morgan fingerprint density at radius 3 is 2.45 bits per heavy atom. The number of hydrogen-bond acceptors (Lipinski definition) is 3. The molecule has 3 N–H and O–H groups in total. The third-order valence-corrected chi connectivity index (χ3v) is 3.45. The summed E-state index contributed by atoms with van der Waals surface area (Å²) in [5, 5.41) is 3.38. The highest BCUT2D eigenvalue weighted by Crippen LogP contribution is 2.31. The molecular formula is C17H14N2O3. The molecule has 0 saturated carbocycles. The molecule has 0 fully saturated rings. The van der Waals surface area contributed by atoms with E-state index in [9.17, 15) is 9.59 Å². The number of nitrogens with one attached hydrogen (secondary N) is 1. The lowest BCUT2D eigenvalue weighted by Crippen LogP contribution is -2.17. The Bertz CT molecular complexity index is 880. The van der Waals surface area contributed by atoms with Gasteiger partial charge in [-0.3, -0.25) is 9.59 Å². The maximum Gasteiger partial charge on any atom is 0.286 e. The molecule has 110 valence electrons. The number of carbonyl (C=O) groups excluding carboxylic acids is 2. The first-order valence-electron chi connectivity index (χ1n) is 6.76. The number of para-hydroxylation sites is 1. The molecule has 0 radical (unpaired) electrons. The summed E-state index contributed by atoms with van der Waals surface area (Å²) in [5.41, 5.74) is 7.51. The molecule has 0 bridgehead atoms. The summed E-state index contributed by atoms with van der Waals surface area (Å²) < 4.78 is 5.44. The minimum atomic E-state index is -0.726. The first-order chi connectivity index (χ1) is 10.6. The molecule has 1 aromatic heterocycles. The quantitative estimate of drug-likeness (QED) is 0.778. The fourth-order valence-corrected chi connectivity index (χ4v) is 2.35. The summed E-state index contributed by atoms with van der Waals surface area (Å²) >= 11 is 0. The van der Waals surface area contributed by atoms with Gasteiger partial charge in [0.25, 0.3) is 11.8 Å². The molecule has 3 rings (SSSR count). The Morgan fingerprint density at radius 1 is 1.05 bits per heavy atom. The fourth-order valence-electron chi connectivity index (χ4n) is 2.35. The van der Waals surface area contributed by atoms with Crippen LogP contribution in [0, 0.1) is 6.92 Å². The molecular weight excluding hydrogens is 280 g/mol. The van der Waals surface area contributed by atoms with Gasteiger partial charge in [0.15, 0.2) is 0 Å². The van der Waals surface area contributed by atoms with E-state index in [4.69, 9.17) is 10.2 Å². The number of nitrogens with two attached hydrogens (primary N) is 1. The minimum absolute atomic E-state index is 0.0527. The summed E-state index contributed by atoms with van der Waals surface area (Å²) in [6.07, 6.45) is 0. The van der Waals surface area contributed by atoms with Gasteiger partial charge in [-0.05, 0) is 30.7 Å². The molecule has 0 atom stereocenters. The Hall–Kier alpha value is -3.08. The van der Waals surface area contributed by atoms with Crippen LogP contribution in [0.25, 0.3) is 11.0 Å². The van der Waals surface area contributed by atoms with Gasteiger partial charge in [-0.15, -0.1) is 0 Å². The largest absolute Gasteiger partial charge is 0.449 e. The molecule has 0 unspecified atom stereocenters. The molecule has 5 nitrogen and oxygen atoms in total. The van der Waals surface area contributed by atoms with Gasteiger partial charge < -0.3 is 15.5 Å². The Kier molecular flexibility index (Phi) is 3.39. The van der Waals surface area contributed by atoms with Gasteiger partial charge >= 0.3 is 0 Å². The zero-order valence-electron chi connectivity index (χ0n) is 11.9. The molecule has 2 amide bonds. The van der Waals surface area contributed by atoms with Crippen LogP contribution < -0.4 is 11.1 Å². The van der Waals surface area contributed by atoms with Gasteiger partial charge in [-0.2, -0.15) is 0 Å². The van der Waals surface area contributed by atoms with Crippen LogP contribution in [0.5, 0.6) is 0 Å². The molecule has 0 aliphatic rings. The highest BCUT2D eigenvalue weighted by molar-refractivity contribution is 6.14. The monoisotopic (exact) mass is 294 g/mol. The van der Waals surface area contributed by atoms with Crippen molar-refractivity contribution in [1.82, 2.24) is 0 Å². The maximum atomic E-state index is 12.4. The number of aryl methyl sites for hydroxylation is 1. The third-order valence-electron chi connectivity index (χ3n) is 3.45. The lowest BCUT2D eigenvalue weighted by atomic mass is 10.1. The molecule has 0 spiro atoms. The van der Waals surface area contributed by atoms with E-state index in [0.29, 0.717) is 22.2 Å². The summed E-state index contributed by atoms with van der Waals surface area (Å²) in [4.78, 5) is 24.0. The van der Waals surface area contributed by atoms with Crippen molar-refractivity contribution in [3.05, 3.63) is 65.4 Å². The van der Waals surface area contributed by atoms with Crippen molar-refractivity contribution in [3.63, 3.8) is 0 Å². The number of anilines is 1. The van der Waals surface area contributed by atoms with Crippen molar-refractivity contribution in [3.8, 4) is 0 Å². The Balaban J connectivity index is 2.07. The van der Waals surface area contributed by atoms with E-state index in [1.54, 1.807) is 36.4 Å². The minimum Gasteiger partial charge on any atom is -0.449 e. The first-order valence-corrected chi connectivity index (χ1v) is 6.76. The van der Waals surface area contributed by atoms with Crippen LogP contribution in [-0.4, -0.2) is 11.8 Å². The van der Waals surface area contributed by atoms with Crippen LogP contribution in [0.3, 0.4) is 0 Å². The van der Waals surface area contributed by atoms with E-state index in [-0.39, 0.29) is 11.7 Å². The van der Waals surface area contributed by atoms with Crippen LogP contribution in [0.4, 0.5) is 5.69 Å². The zero-order valence-corrected chi connectivity index (χ0v) is 11.9. The molecule has 2 aromatic carbocycles. The number of primary amides is 1. The number of rotatable bonds is 3. The number of carbonyl (C=O) groups is 2. The molecule has 1 heterocycles. The van der Waals surface area contributed by atoms with Crippen LogP contribution in [0.1, 0.15) is 26.5 Å². The zero-order chi connectivity index (χ0) is 15.7. The predicted molar refractivity (Wildman–Crippen MR) is 83.9 cm³/mol. The number of benzene rings is 2. The molecule has 5 heteroatoms. The van der Waals surface area contributed by atoms with E-state index in [2.05, 4.69) is 5.32 Å². The topological polar surface area (TPSA) is 85.3 Å². The highest BCUT2D eigenvalue weighted by Gasteiger charge is 2.21. The Labute approximate surface area is 126 Å². The van der Waals surface area contributed by atoms with Crippen molar-refractivity contribution in [2.45, 2.75) is 6.92 Å². The molecule has 0 aliphatic carbocycles. The van der Waals surface area contributed by atoms with Crippen molar-refractivity contribution >= 4 is 28.5 Å². The Morgan fingerprint density at radius 2 is 1.73 bits per heavy atom. The highest BCUT2D eigenvalue weighted by atomic mass is 16.3. The summed E-state index contributed by atoms with van der Waals surface area (Å²) in [6.45, 7) is 1.84. The summed E-state index contributed by atoms with van der Waals surface area (Å²) in [5.74, 6) is -1.09. The van der Waals surface area contributed by atoms with Gasteiger partial charge in [0.1, 0.15) is 11.3 Å².